The molecule has 3 fully saturated rings. The molecule has 0 bridgehead atoms. The number of allylic oxidation sites excluding steroid dienone is 1. The Bertz CT molecular complexity index is 957. The van der Waals surface area contributed by atoms with Crippen LogP contribution in [0.25, 0.3) is 0 Å². The lowest BCUT2D eigenvalue weighted by molar-refractivity contribution is -0.146. The summed E-state index contributed by atoms with van der Waals surface area (Å²) in [5.74, 6) is 0.287. The molecule has 8 nitrogen and oxygen atoms in total. The molecule has 10 unspecified atom stereocenters. The van der Waals surface area contributed by atoms with Gasteiger partial charge in [-0.05, 0) is 127 Å². The van der Waals surface area contributed by atoms with Crippen LogP contribution < -0.4 is 16.4 Å². The molecule has 47 heavy (non-hydrogen) atoms. The molecule has 10 atom stereocenters. The summed E-state index contributed by atoms with van der Waals surface area (Å²) in [5, 5.41) is 50.9. The minimum absolute atomic E-state index is 0.0506. The van der Waals surface area contributed by atoms with E-state index in [2.05, 4.69) is 36.6 Å². The van der Waals surface area contributed by atoms with Gasteiger partial charge in [0.1, 0.15) is 0 Å². The Labute approximate surface area is 286 Å². The van der Waals surface area contributed by atoms with Gasteiger partial charge < -0.3 is 36.8 Å². The summed E-state index contributed by atoms with van der Waals surface area (Å²) in [5.41, 5.74) is 5.56. The van der Waals surface area contributed by atoms with Crippen molar-refractivity contribution in [3.8, 4) is 0 Å². The van der Waals surface area contributed by atoms with E-state index < -0.39 is 23.6 Å². The summed E-state index contributed by atoms with van der Waals surface area (Å²) < 4.78 is 0. The van der Waals surface area contributed by atoms with Gasteiger partial charge in [-0.2, -0.15) is 0 Å². The molecule has 8 N–H and O–H groups in total. The molecule has 4 rings (SSSR count). The Balaban J connectivity index is 1.22. The number of nitrogens with two attached hydrogens (primary N) is 1. The molecule has 8 heteroatoms. The molecular weight excluding hydrogens is 590 g/mol. The molecule has 272 valence electrons. The maximum atomic E-state index is 12.2. The topological polar surface area (TPSA) is 148 Å². The number of aliphatic hydroxyl groups excluding tert-OH is 2. The van der Waals surface area contributed by atoms with E-state index in [0.29, 0.717) is 49.4 Å². The fourth-order valence-corrected chi connectivity index (χ4v) is 9.67. The van der Waals surface area contributed by atoms with Gasteiger partial charge in [0.25, 0.3) is 0 Å². The molecule has 0 aromatic heterocycles. The van der Waals surface area contributed by atoms with Crippen molar-refractivity contribution in [2.24, 2.45) is 41.2 Å². The van der Waals surface area contributed by atoms with Crippen LogP contribution in [0, 0.1) is 35.5 Å². The Morgan fingerprint density at radius 3 is 2.47 bits per heavy atom. The zero-order valence-corrected chi connectivity index (χ0v) is 29.9. The highest BCUT2D eigenvalue weighted by Crippen LogP contribution is 2.46. The van der Waals surface area contributed by atoms with Crippen LogP contribution in [0.2, 0.25) is 0 Å². The number of unbranched alkanes of at least 4 members (excludes halogenated alkanes) is 4. The summed E-state index contributed by atoms with van der Waals surface area (Å²) in [7, 11) is 0. The fourth-order valence-electron chi connectivity index (χ4n) is 9.67. The van der Waals surface area contributed by atoms with Crippen LogP contribution in [0.15, 0.2) is 12.2 Å². The predicted octanol–water partition coefficient (Wildman–Crippen LogP) is 6.27. The second kappa shape index (κ2) is 18.8. The van der Waals surface area contributed by atoms with Crippen LogP contribution in [0.3, 0.4) is 0 Å². The van der Waals surface area contributed by atoms with Crippen LogP contribution in [0.5, 0.6) is 0 Å². The third-order valence-electron chi connectivity index (χ3n) is 12.7. The number of aliphatic carboxylic acids is 1. The average Bonchev–Trinajstić information content (AvgIpc) is 3.60. The van der Waals surface area contributed by atoms with Crippen LogP contribution in [-0.2, 0) is 4.79 Å². The molecule has 1 aliphatic heterocycles. The maximum Gasteiger partial charge on any atom is 0.309 e. The zero-order valence-electron chi connectivity index (χ0n) is 29.9. The quantitative estimate of drug-likeness (QED) is 0.0597. The number of carbonyl (C=O) groups is 1. The Kier molecular flexibility index (Phi) is 15.5. The maximum absolute atomic E-state index is 12.2. The third kappa shape index (κ3) is 12.4. The molecule has 0 aromatic rings. The summed E-state index contributed by atoms with van der Waals surface area (Å²) in [6.07, 6.45) is 23.3. The van der Waals surface area contributed by atoms with Crippen molar-refractivity contribution in [1.29, 1.82) is 0 Å². The summed E-state index contributed by atoms with van der Waals surface area (Å²) in [6, 6.07) is 0. The summed E-state index contributed by atoms with van der Waals surface area (Å²) in [6.45, 7) is 6.42. The SMILES string of the molecule is CCCCCC1C=CC(CCCCCC(C(=O)O)C(O)CCC2(O)CC(CNC3(C)CCCC3)C(CC3CCNC(N)C3)C2)C(O)C1. The molecule has 1 heterocycles. The highest BCUT2D eigenvalue weighted by Gasteiger charge is 2.45. The number of carboxylic acid groups (broad SMARTS) is 1. The standard InChI is InChI=1S/C39H71N3O5/c1-3-4-6-11-28-14-15-30(35(44)23-28)12-7-5-8-13-33(37(45)46)34(43)16-20-39(47)25-31(22-29-17-21-41-36(40)24-29)32(26-39)27-42-38(2)18-9-10-19-38/h14-15,28-36,41-44,47H,3-13,16-27,40H2,1-2H3,(H,45,46). The minimum Gasteiger partial charge on any atom is -0.481 e. The Hall–Kier alpha value is -1.03. The van der Waals surface area contributed by atoms with E-state index >= 15 is 0 Å². The van der Waals surface area contributed by atoms with Crippen molar-refractivity contribution in [3.05, 3.63) is 12.2 Å². The first-order valence-corrected chi connectivity index (χ1v) is 19.7. The van der Waals surface area contributed by atoms with Crippen molar-refractivity contribution in [2.75, 3.05) is 13.1 Å². The number of hydrogen-bond acceptors (Lipinski definition) is 7. The predicted molar refractivity (Wildman–Crippen MR) is 190 cm³/mol. The number of rotatable bonds is 20. The molecule has 4 aliphatic rings. The van der Waals surface area contributed by atoms with Crippen molar-refractivity contribution in [2.45, 2.75) is 178 Å². The van der Waals surface area contributed by atoms with Crippen molar-refractivity contribution >= 4 is 5.97 Å². The van der Waals surface area contributed by atoms with E-state index in [4.69, 9.17) is 5.73 Å². The molecule has 0 radical (unpaired) electrons. The van der Waals surface area contributed by atoms with Gasteiger partial charge >= 0.3 is 5.97 Å². The van der Waals surface area contributed by atoms with E-state index in [1.165, 1.54) is 44.9 Å². The molecule has 0 amide bonds. The molecule has 0 spiro atoms. The zero-order chi connectivity index (χ0) is 33.9. The first kappa shape index (κ1) is 38.8. The minimum atomic E-state index is -0.959. The van der Waals surface area contributed by atoms with Gasteiger partial charge in [-0.15, -0.1) is 0 Å². The highest BCUT2D eigenvalue weighted by molar-refractivity contribution is 5.70. The second-order valence-electron chi connectivity index (χ2n) is 16.8. The second-order valence-corrected chi connectivity index (χ2v) is 16.8. The third-order valence-corrected chi connectivity index (χ3v) is 12.7. The van der Waals surface area contributed by atoms with Crippen molar-refractivity contribution in [3.63, 3.8) is 0 Å². The number of hydrogen-bond donors (Lipinski definition) is 7. The van der Waals surface area contributed by atoms with Gasteiger partial charge in [-0.1, -0.05) is 70.4 Å². The van der Waals surface area contributed by atoms with Crippen molar-refractivity contribution in [1.82, 2.24) is 10.6 Å². The first-order valence-electron chi connectivity index (χ1n) is 19.7. The van der Waals surface area contributed by atoms with E-state index in [-0.39, 0.29) is 23.7 Å². The highest BCUT2D eigenvalue weighted by atomic mass is 16.4. The first-order chi connectivity index (χ1) is 22.5. The number of carboxylic acids is 1. The summed E-state index contributed by atoms with van der Waals surface area (Å²) >= 11 is 0. The number of piperidine rings is 1. The molecule has 3 aliphatic carbocycles. The van der Waals surface area contributed by atoms with Crippen LogP contribution in [0.4, 0.5) is 0 Å². The summed E-state index contributed by atoms with van der Waals surface area (Å²) in [4.78, 5) is 12.2. The van der Waals surface area contributed by atoms with Gasteiger partial charge in [0.15, 0.2) is 0 Å². The van der Waals surface area contributed by atoms with Gasteiger partial charge in [0.2, 0.25) is 0 Å². The lowest BCUT2D eigenvalue weighted by Gasteiger charge is -2.33. The smallest absolute Gasteiger partial charge is 0.309 e. The number of nitrogens with one attached hydrogen (secondary N) is 2. The monoisotopic (exact) mass is 662 g/mol. The van der Waals surface area contributed by atoms with Crippen molar-refractivity contribution < 1.29 is 25.2 Å². The number of aliphatic hydroxyl groups is 3. The van der Waals surface area contributed by atoms with Gasteiger partial charge in [0.05, 0.1) is 29.9 Å². The van der Waals surface area contributed by atoms with Gasteiger partial charge in [0, 0.05) is 11.5 Å². The lowest BCUT2D eigenvalue weighted by atomic mass is 9.81. The average molecular weight is 662 g/mol. The van der Waals surface area contributed by atoms with Crippen LogP contribution >= 0.6 is 0 Å². The van der Waals surface area contributed by atoms with E-state index in [1.807, 2.05) is 0 Å². The van der Waals surface area contributed by atoms with E-state index in [0.717, 1.165) is 77.3 Å². The fraction of sp³-hybridized carbons (Fsp3) is 0.923. The van der Waals surface area contributed by atoms with Gasteiger partial charge in [-0.25, -0.2) is 0 Å². The lowest BCUT2D eigenvalue weighted by Crippen LogP contribution is -2.45. The normalized spacial score (nSPS) is 35.2. The molecule has 1 saturated heterocycles. The molecule has 2 saturated carbocycles. The largest absolute Gasteiger partial charge is 0.481 e. The Morgan fingerprint density at radius 2 is 1.77 bits per heavy atom. The van der Waals surface area contributed by atoms with Crippen LogP contribution in [-0.4, -0.2) is 69.0 Å². The molecular formula is C39H71N3O5. The molecule has 0 aromatic carbocycles. The van der Waals surface area contributed by atoms with E-state index in [9.17, 15) is 25.2 Å². The van der Waals surface area contributed by atoms with Gasteiger partial charge in [-0.3, -0.25) is 4.79 Å². The van der Waals surface area contributed by atoms with Crippen LogP contribution in [0.1, 0.15) is 149 Å². The van der Waals surface area contributed by atoms with E-state index in [1.54, 1.807) is 0 Å². The Morgan fingerprint density at radius 1 is 1.02 bits per heavy atom.